The molecule has 2 aromatic heterocycles. The molecule has 0 aliphatic carbocycles. The Morgan fingerprint density at radius 2 is 2.05 bits per heavy atom. The van der Waals surface area contributed by atoms with Crippen LogP contribution < -0.4 is 5.32 Å². The van der Waals surface area contributed by atoms with Crippen LogP contribution in [-0.2, 0) is 0 Å². The standard InChI is InChI=1S/C14H22ClN5/c1-6-8(2)10(14(3,4)5)18-12-9-11(17-7-16-9)19-13(15)20-12/h7-8,10H,6H2,1-5H3,(H2,16,17,18,19,20). The first-order valence-electron chi connectivity index (χ1n) is 6.96. The molecule has 0 aliphatic rings. The van der Waals surface area contributed by atoms with Crippen molar-refractivity contribution >= 4 is 28.6 Å². The maximum atomic E-state index is 5.98. The highest BCUT2D eigenvalue weighted by atomic mass is 35.5. The number of aromatic nitrogens is 4. The summed E-state index contributed by atoms with van der Waals surface area (Å²) in [5.41, 5.74) is 1.50. The zero-order valence-electron chi connectivity index (χ0n) is 12.7. The van der Waals surface area contributed by atoms with Gasteiger partial charge in [0, 0.05) is 6.04 Å². The van der Waals surface area contributed by atoms with E-state index in [0.29, 0.717) is 11.6 Å². The van der Waals surface area contributed by atoms with Gasteiger partial charge in [-0.05, 0) is 22.9 Å². The number of fused-ring (bicyclic) bond motifs is 1. The fourth-order valence-corrected chi connectivity index (χ4v) is 2.67. The molecule has 0 aliphatic heterocycles. The van der Waals surface area contributed by atoms with Gasteiger partial charge in [-0.1, -0.05) is 41.0 Å². The van der Waals surface area contributed by atoms with E-state index in [4.69, 9.17) is 11.6 Å². The Labute approximate surface area is 124 Å². The Morgan fingerprint density at radius 3 is 2.65 bits per heavy atom. The smallest absolute Gasteiger partial charge is 0.226 e. The Morgan fingerprint density at radius 1 is 1.35 bits per heavy atom. The molecule has 2 N–H and O–H groups in total. The monoisotopic (exact) mass is 295 g/mol. The molecule has 0 amide bonds. The maximum absolute atomic E-state index is 5.98. The normalized spacial score (nSPS) is 15.3. The average molecular weight is 296 g/mol. The largest absolute Gasteiger partial charge is 0.365 e. The zero-order chi connectivity index (χ0) is 14.9. The molecule has 20 heavy (non-hydrogen) atoms. The number of hydrogen-bond acceptors (Lipinski definition) is 4. The first-order chi connectivity index (χ1) is 9.32. The number of nitrogens with zero attached hydrogens (tertiary/aromatic N) is 3. The maximum Gasteiger partial charge on any atom is 0.226 e. The summed E-state index contributed by atoms with van der Waals surface area (Å²) < 4.78 is 0. The van der Waals surface area contributed by atoms with Crippen molar-refractivity contribution in [2.75, 3.05) is 5.32 Å². The molecule has 2 atom stereocenters. The van der Waals surface area contributed by atoms with E-state index in [0.717, 1.165) is 17.8 Å². The van der Waals surface area contributed by atoms with Gasteiger partial charge in [0.05, 0.1) is 6.33 Å². The van der Waals surface area contributed by atoms with Crippen molar-refractivity contribution in [3.63, 3.8) is 0 Å². The first-order valence-corrected chi connectivity index (χ1v) is 7.34. The molecule has 0 fully saturated rings. The Kier molecular flexibility index (Phi) is 4.18. The number of anilines is 1. The van der Waals surface area contributed by atoms with Crippen LogP contribution in [0.25, 0.3) is 11.2 Å². The third kappa shape index (κ3) is 3.03. The highest BCUT2D eigenvalue weighted by Crippen LogP contribution is 2.31. The minimum atomic E-state index is 0.110. The molecule has 2 aromatic rings. The van der Waals surface area contributed by atoms with E-state index >= 15 is 0 Å². The second-order valence-corrected chi connectivity index (χ2v) is 6.65. The third-order valence-corrected chi connectivity index (χ3v) is 3.87. The Hall–Kier alpha value is -1.36. The zero-order valence-corrected chi connectivity index (χ0v) is 13.4. The van der Waals surface area contributed by atoms with E-state index in [9.17, 15) is 0 Å². The lowest BCUT2D eigenvalue weighted by Gasteiger charge is -2.36. The van der Waals surface area contributed by atoms with Gasteiger partial charge in [0.25, 0.3) is 0 Å². The summed E-state index contributed by atoms with van der Waals surface area (Å²) >= 11 is 5.98. The van der Waals surface area contributed by atoms with Crippen LogP contribution in [0.4, 0.5) is 5.82 Å². The molecule has 0 spiro atoms. The second-order valence-electron chi connectivity index (χ2n) is 6.32. The molecular formula is C14H22ClN5. The van der Waals surface area contributed by atoms with Crippen molar-refractivity contribution in [3.8, 4) is 0 Å². The molecule has 0 radical (unpaired) electrons. The van der Waals surface area contributed by atoms with Gasteiger partial charge in [0.1, 0.15) is 5.52 Å². The highest BCUT2D eigenvalue weighted by Gasteiger charge is 2.30. The van der Waals surface area contributed by atoms with Crippen molar-refractivity contribution < 1.29 is 0 Å². The van der Waals surface area contributed by atoms with Gasteiger partial charge in [0.2, 0.25) is 5.28 Å². The summed E-state index contributed by atoms with van der Waals surface area (Å²) in [6.45, 7) is 11.1. The number of aromatic amines is 1. The number of hydrogen-bond donors (Lipinski definition) is 2. The minimum absolute atomic E-state index is 0.110. The SMILES string of the molecule is CCC(C)C(Nc1nc(Cl)nc2nc[nH]c12)C(C)(C)C. The van der Waals surface area contributed by atoms with Gasteiger partial charge in [0.15, 0.2) is 11.5 Å². The predicted octanol–water partition coefficient (Wildman–Crippen LogP) is 3.88. The summed E-state index contributed by atoms with van der Waals surface area (Å²) in [5.74, 6) is 1.24. The molecule has 0 aromatic carbocycles. The summed E-state index contributed by atoms with van der Waals surface area (Å²) in [5, 5.41) is 3.74. The summed E-state index contributed by atoms with van der Waals surface area (Å²) in [4.78, 5) is 15.6. The lowest BCUT2D eigenvalue weighted by atomic mass is 9.78. The van der Waals surface area contributed by atoms with Gasteiger partial charge in [-0.3, -0.25) is 0 Å². The topological polar surface area (TPSA) is 66.5 Å². The van der Waals surface area contributed by atoms with Gasteiger partial charge >= 0.3 is 0 Å². The van der Waals surface area contributed by atoms with E-state index in [-0.39, 0.29) is 16.7 Å². The summed E-state index contributed by atoms with van der Waals surface area (Å²) in [7, 11) is 0. The van der Waals surface area contributed by atoms with Gasteiger partial charge in [-0.25, -0.2) is 4.98 Å². The minimum Gasteiger partial charge on any atom is -0.365 e. The van der Waals surface area contributed by atoms with E-state index in [2.05, 4.69) is 59.9 Å². The van der Waals surface area contributed by atoms with Crippen molar-refractivity contribution in [2.24, 2.45) is 11.3 Å². The second kappa shape index (κ2) is 5.56. The number of H-pyrrole nitrogens is 1. The predicted molar refractivity (Wildman–Crippen MR) is 83.0 cm³/mol. The number of imidazole rings is 1. The molecule has 0 saturated carbocycles. The van der Waals surface area contributed by atoms with Crippen molar-refractivity contribution in [3.05, 3.63) is 11.6 Å². The number of halogens is 1. The molecule has 0 bridgehead atoms. The lowest BCUT2D eigenvalue weighted by Crippen LogP contribution is -2.39. The molecule has 110 valence electrons. The molecule has 6 heteroatoms. The van der Waals surface area contributed by atoms with E-state index < -0.39 is 0 Å². The third-order valence-electron chi connectivity index (χ3n) is 3.70. The van der Waals surface area contributed by atoms with Crippen LogP contribution in [0.15, 0.2) is 6.33 Å². The molecule has 5 nitrogen and oxygen atoms in total. The average Bonchev–Trinajstić information content (AvgIpc) is 2.81. The fraction of sp³-hybridized carbons (Fsp3) is 0.643. The van der Waals surface area contributed by atoms with Crippen LogP contribution in [-0.4, -0.2) is 26.0 Å². The summed E-state index contributed by atoms with van der Waals surface area (Å²) in [6.07, 6.45) is 2.70. The van der Waals surface area contributed by atoms with Crippen molar-refractivity contribution in [1.82, 2.24) is 19.9 Å². The quantitative estimate of drug-likeness (QED) is 0.840. The molecular weight excluding hydrogens is 274 g/mol. The van der Waals surface area contributed by atoms with E-state index in [1.54, 1.807) is 6.33 Å². The molecule has 0 saturated heterocycles. The molecule has 2 rings (SSSR count). The van der Waals surface area contributed by atoms with Crippen molar-refractivity contribution in [2.45, 2.75) is 47.1 Å². The number of nitrogens with one attached hydrogen (secondary N) is 2. The Balaban J connectivity index is 2.40. The van der Waals surface area contributed by atoms with Gasteiger partial charge < -0.3 is 10.3 Å². The van der Waals surface area contributed by atoms with E-state index in [1.165, 1.54) is 0 Å². The van der Waals surface area contributed by atoms with Gasteiger partial charge in [-0.2, -0.15) is 9.97 Å². The highest BCUT2D eigenvalue weighted by molar-refractivity contribution is 6.28. The van der Waals surface area contributed by atoms with Crippen LogP contribution in [0.5, 0.6) is 0 Å². The van der Waals surface area contributed by atoms with Crippen LogP contribution in [0, 0.1) is 11.3 Å². The van der Waals surface area contributed by atoms with Crippen LogP contribution >= 0.6 is 11.6 Å². The summed E-state index contributed by atoms with van der Waals surface area (Å²) in [6, 6.07) is 0.282. The van der Waals surface area contributed by atoms with E-state index in [1.807, 2.05) is 0 Å². The first kappa shape index (κ1) is 15.0. The fourth-order valence-electron chi connectivity index (χ4n) is 2.51. The van der Waals surface area contributed by atoms with Crippen molar-refractivity contribution in [1.29, 1.82) is 0 Å². The Bertz CT molecular complexity index is 587. The van der Waals surface area contributed by atoms with Crippen LogP contribution in [0.1, 0.15) is 41.0 Å². The number of rotatable bonds is 4. The van der Waals surface area contributed by atoms with Crippen LogP contribution in [0.3, 0.4) is 0 Å². The van der Waals surface area contributed by atoms with Crippen LogP contribution in [0.2, 0.25) is 5.28 Å². The molecule has 2 unspecified atom stereocenters. The molecule has 2 heterocycles. The van der Waals surface area contributed by atoms with Gasteiger partial charge in [-0.15, -0.1) is 0 Å². The lowest BCUT2D eigenvalue weighted by molar-refractivity contribution is 0.263.